The highest BCUT2D eigenvalue weighted by Crippen LogP contribution is 2.64. The van der Waals surface area contributed by atoms with Gasteiger partial charge in [-0.3, -0.25) is 0 Å². The summed E-state index contributed by atoms with van der Waals surface area (Å²) in [5.74, 6) is -0.613. The third-order valence-electron chi connectivity index (χ3n) is 12.6. The Labute approximate surface area is 309 Å². The Balaban J connectivity index is 1.00. The van der Waals surface area contributed by atoms with Gasteiger partial charge in [0, 0.05) is 41.9 Å². The summed E-state index contributed by atoms with van der Waals surface area (Å²) in [7, 11) is 0. The van der Waals surface area contributed by atoms with Gasteiger partial charge in [-0.1, -0.05) is 79.6 Å². The minimum Gasteiger partial charge on any atom is -0.507 e. The summed E-state index contributed by atoms with van der Waals surface area (Å²) in [6.45, 7) is 1.41. The number of benzene rings is 4. The van der Waals surface area contributed by atoms with Gasteiger partial charge in [-0.05, 0) is 95.7 Å². The predicted octanol–water partition coefficient (Wildman–Crippen LogP) is 7.59. The van der Waals surface area contributed by atoms with Crippen LogP contribution in [0.1, 0.15) is 72.0 Å². The van der Waals surface area contributed by atoms with E-state index in [0.29, 0.717) is 47.4 Å². The highest BCUT2D eigenvalue weighted by molar-refractivity contribution is 6.03. The number of rotatable bonds is 10. The molecule has 1 heterocycles. The van der Waals surface area contributed by atoms with Gasteiger partial charge in [0.25, 0.3) is 0 Å². The number of nitrogens with one attached hydrogen (secondary N) is 2. The van der Waals surface area contributed by atoms with E-state index in [1.807, 2.05) is 6.20 Å². The number of phenolic OH excluding ortho intramolecular Hbond substituents is 5. The summed E-state index contributed by atoms with van der Waals surface area (Å²) in [6.07, 6.45) is 19.0. The molecule has 1 aromatic heterocycles. The number of phenols is 5. The molecule has 53 heavy (non-hydrogen) atoms. The van der Waals surface area contributed by atoms with Gasteiger partial charge in [0.15, 0.2) is 23.0 Å². The summed E-state index contributed by atoms with van der Waals surface area (Å²) in [5, 5.41) is 68.6. The number of hydrogen-bond acceptors (Lipinski definition) is 8. The molecule has 0 amide bonds. The smallest absolute Gasteiger partial charge is 0.169 e. The fourth-order valence-corrected chi connectivity index (χ4v) is 10.2. The van der Waals surface area contributed by atoms with Crippen molar-refractivity contribution in [2.24, 2.45) is 17.3 Å². The van der Waals surface area contributed by atoms with E-state index in [0.717, 1.165) is 36.2 Å². The highest BCUT2D eigenvalue weighted by atomic mass is 16.3. The third kappa shape index (κ3) is 6.11. The third-order valence-corrected chi connectivity index (χ3v) is 12.6. The normalized spacial score (nSPS) is 25.2. The van der Waals surface area contributed by atoms with Crippen LogP contribution in [0.4, 0.5) is 0 Å². The first-order valence-electron chi connectivity index (χ1n) is 18.7. The molecule has 9 nitrogen and oxygen atoms in total. The SMILES string of the molecule is Oc1ccc(C=Cc2c(CCc3ccc(CNCC4(c5cnc[nH]5)CCCC56CCCC5C=CC(O)C46)cc3)c(O)c(O)c3c(O)cccc23)cc1O. The van der Waals surface area contributed by atoms with Crippen LogP contribution in [-0.4, -0.2) is 53.3 Å². The van der Waals surface area contributed by atoms with Crippen LogP contribution in [0.5, 0.6) is 28.7 Å². The molecule has 5 unspecified atom stereocenters. The molecule has 2 fully saturated rings. The Morgan fingerprint density at radius 1 is 0.811 bits per heavy atom. The molecule has 0 aliphatic heterocycles. The molecule has 9 heteroatoms. The second-order valence-electron chi connectivity index (χ2n) is 15.4. The monoisotopic (exact) mass is 713 g/mol. The summed E-state index contributed by atoms with van der Waals surface area (Å²) in [5.41, 5.74) is 4.99. The molecule has 2 saturated carbocycles. The number of imidazole rings is 1. The quantitative estimate of drug-likeness (QED) is 0.0417. The van der Waals surface area contributed by atoms with Gasteiger partial charge in [0.1, 0.15) is 5.75 Å². The van der Waals surface area contributed by atoms with Crippen molar-refractivity contribution in [3.63, 3.8) is 0 Å². The Hall–Kier alpha value is -5.25. The Morgan fingerprint density at radius 2 is 1.62 bits per heavy atom. The average molecular weight is 714 g/mol. The number of aromatic nitrogens is 2. The largest absolute Gasteiger partial charge is 0.507 e. The van der Waals surface area contributed by atoms with Gasteiger partial charge in [0.05, 0.1) is 17.8 Å². The van der Waals surface area contributed by atoms with Crippen LogP contribution >= 0.6 is 0 Å². The Morgan fingerprint density at radius 3 is 2.42 bits per heavy atom. The van der Waals surface area contributed by atoms with Crippen LogP contribution in [0.15, 0.2) is 85.3 Å². The second kappa shape index (κ2) is 14.0. The molecule has 5 aromatic rings. The van der Waals surface area contributed by atoms with Crippen molar-refractivity contribution in [1.82, 2.24) is 15.3 Å². The van der Waals surface area contributed by atoms with E-state index in [4.69, 9.17) is 0 Å². The Kier molecular flexibility index (Phi) is 9.16. The lowest BCUT2D eigenvalue weighted by Crippen LogP contribution is -2.60. The maximum Gasteiger partial charge on any atom is 0.169 e. The van der Waals surface area contributed by atoms with Crippen molar-refractivity contribution < 1.29 is 30.6 Å². The molecule has 3 aliphatic carbocycles. The van der Waals surface area contributed by atoms with Gasteiger partial charge in [-0.25, -0.2) is 4.98 Å². The predicted molar refractivity (Wildman–Crippen MR) is 206 cm³/mol. The number of aromatic hydroxyl groups is 5. The van der Waals surface area contributed by atoms with E-state index in [2.05, 4.69) is 51.7 Å². The molecular weight excluding hydrogens is 666 g/mol. The number of aliphatic hydroxyl groups excluding tert-OH is 1. The summed E-state index contributed by atoms with van der Waals surface area (Å²) in [6, 6.07) is 17.9. The first-order chi connectivity index (χ1) is 25.7. The number of allylic oxidation sites excluding steroid dienone is 1. The van der Waals surface area contributed by atoms with Crippen molar-refractivity contribution in [2.45, 2.75) is 69.4 Å². The molecule has 8 N–H and O–H groups in total. The molecule has 5 atom stereocenters. The highest BCUT2D eigenvalue weighted by Gasteiger charge is 2.61. The number of aliphatic hydroxyl groups is 1. The van der Waals surface area contributed by atoms with Crippen molar-refractivity contribution in [1.29, 1.82) is 0 Å². The first kappa shape index (κ1) is 34.8. The topological polar surface area (TPSA) is 162 Å². The zero-order valence-corrected chi connectivity index (χ0v) is 29.7. The standard InChI is InChI=1S/C44H47N3O6/c48-34-17-13-28(22-37(34)51)12-15-31-32-5-1-6-35(49)39(32)41(53)40(52)33(31)16-11-27-7-9-29(10-8-27)23-45-25-44(38-24-46-26-47-38)21-3-20-43-19-2-4-30(43)14-18-36(50)42(43)44/h1,5-10,12-15,17-18,22,24,26,30,36,42,45,48-53H,2-4,11,16,19-21,23,25H2,(H,46,47). The van der Waals surface area contributed by atoms with Gasteiger partial charge >= 0.3 is 0 Å². The maximum atomic E-state index is 11.6. The molecule has 8 rings (SSSR count). The van der Waals surface area contributed by atoms with Crippen LogP contribution in [0.2, 0.25) is 0 Å². The van der Waals surface area contributed by atoms with E-state index in [-0.39, 0.29) is 50.9 Å². The Bertz CT molecular complexity index is 2180. The van der Waals surface area contributed by atoms with E-state index >= 15 is 0 Å². The molecule has 274 valence electrons. The summed E-state index contributed by atoms with van der Waals surface area (Å²) in [4.78, 5) is 7.87. The van der Waals surface area contributed by atoms with Crippen LogP contribution < -0.4 is 5.32 Å². The number of aryl methyl sites for hydroxylation is 1. The molecule has 0 saturated heterocycles. The number of aromatic amines is 1. The van der Waals surface area contributed by atoms with Gasteiger partial charge in [0.2, 0.25) is 0 Å². The minimum atomic E-state index is -0.485. The molecule has 0 radical (unpaired) electrons. The number of fused-ring (bicyclic) bond motifs is 1. The molecule has 4 aromatic carbocycles. The summed E-state index contributed by atoms with van der Waals surface area (Å²) >= 11 is 0. The van der Waals surface area contributed by atoms with Crippen LogP contribution in [-0.2, 0) is 24.8 Å². The lowest BCUT2D eigenvalue weighted by molar-refractivity contribution is -0.0725. The van der Waals surface area contributed by atoms with Gasteiger partial charge in [-0.15, -0.1) is 0 Å². The van der Waals surface area contributed by atoms with Crippen molar-refractivity contribution >= 4 is 22.9 Å². The zero-order valence-electron chi connectivity index (χ0n) is 29.7. The first-order valence-corrected chi connectivity index (χ1v) is 18.7. The van der Waals surface area contributed by atoms with E-state index in [1.165, 1.54) is 43.9 Å². The fraction of sp³-hybridized carbons (Fsp3) is 0.341. The molecule has 3 aliphatic rings. The number of nitrogens with zero attached hydrogens (tertiary/aromatic N) is 1. The van der Waals surface area contributed by atoms with Crippen LogP contribution in [0.25, 0.3) is 22.9 Å². The van der Waals surface area contributed by atoms with E-state index in [9.17, 15) is 30.6 Å². The zero-order chi connectivity index (χ0) is 36.7. The van der Waals surface area contributed by atoms with Gasteiger partial charge in [-0.2, -0.15) is 0 Å². The van der Waals surface area contributed by atoms with E-state index < -0.39 is 6.10 Å². The number of H-pyrrole nitrogens is 1. The van der Waals surface area contributed by atoms with E-state index in [1.54, 1.807) is 36.7 Å². The fourth-order valence-electron chi connectivity index (χ4n) is 10.2. The average Bonchev–Trinajstić information content (AvgIpc) is 3.85. The maximum absolute atomic E-state index is 11.6. The number of hydrogen-bond donors (Lipinski definition) is 8. The van der Waals surface area contributed by atoms with Crippen LogP contribution in [0.3, 0.4) is 0 Å². The lowest BCUT2D eigenvalue weighted by atomic mass is 9.47. The van der Waals surface area contributed by atoms with Crippen molar-refractivity contribution in [2.75, 3.05) is 6.54 Å². The minimum absolute atomic E-state index is 0.125. The second-order valence-corrected chi connectivity index (χ2v) is 15.4. The summed E-state index contributed by atoms with van der Waals surface area (Å²) < 4.78 is 0. The molecule has 0 bridgehead atoms. The van der Waals surface area contributed by atoms with Gasteiger partial charge < -0.3 is 40.9 Å². The lowest BCUT2D eigenvalue weighted by Gasteiger charge is -2.58. The van der Waals surface area contributed by atoms with Crippen LogP contribution in [0, 0.1) is 17.3 Å². The molecule has 1 spiro atoms. The van der Waals surface area contributed by atoms with Crippen molar-refractivity contribution in [3.8, 4) is 28.7 Å². The molecular formula is C44H47N3O6. The van der Waals surface area contributed by atoms with Crippen molar-refractivity contribution in [3.05, 3.63) is 119 Å².